The zero-order valence-electron chi connectivity index (χ0n) is 10.5. The molecule has 0 aromatic carbocycles. The summed E-state index contributed by atoms with van der Waals surface area (Å²) in [6.45, 7) is 2.22. The molecule has 108 valence electrons. The van der Waals surface area contributed by atoms with Crippen molar-refractivity contribution in [2.45, 2.75) is 39.0 Å². The SMILES string of the molecule is CCCc1nc(Cl)c(C)c(NCC(F)(F)C(F)F)n1. The molecule has 3 nitrogen and oxygen atoms in total. The smallest absolute Gasteiger partial charge is 0.324 e. The van der Waals surface area contributed by atoms with E-state index in [0.717, 1.165) is 6.42 Å². The van der Waals surface area contributed by atoms with E-state index >= 15 is 0 Å². The van der Waals surface area contributed by atoms with E-state index in [1.165, 1.54) is 6.92 Å². The fourth-order valence-corrected chi connectivity index (χ4v) is 1.51. The molecule has 0 saturated carbocycles. The van der Waals surface area contributed by atoms with Crippen molar-refractivity contribution in [3.05, 3.63) is 16.5 Å². The lowest BCUT2D eigenvalue weighted by Crippen LogP contribution is -2.35. The average molecular weight is 300 g/mol. The van der Waals surface area contributed by atoms with Crippen LogP contribution in [0.4, 0.5) is 23.4 Å². The summed E-state index contributed by atoms with van der Waals surface area (Å²) in [5, 5.41) is 2.33. The molecule has 1 aromatic heterocycles. The van der Waals surface area contributed by atoms with Crippen LogP contribution in [0.1, 0.15) is 24.7 Å². The second-order valence-electron chi connectivity index (χ2n) is 4.07. The minimum Gasteiger partial charge on any atom is -0.363 e. The van der Waals surface area contributed by atoms with Gasteiger partial charge in [-0.2, -0.15) is 8.78 Å². The maximum absolute atomic E-state index is 12.8. The minimum absolute atomic E-state index is 0.0591. The van der Waals surface area contributed by atoms with Crippen LogP contribution in [-0.2, 0) is 6.42 Å². The summed E-state index contributed by atoms with van der Waals surface area (Å²) < 4.78 is 49.7. The number of halogens is 5. The zero-order chi connectivity index (χ0) is 14.6. The van der Waals surface area contributed by atoms with Crippen molar-refractivity contribution in [3.8, 4) is 0 Å². The number of nitrogens with zero attached hydrogens (tertiary/aromatic N) is 2. The van der Waals surface area contributed by atoms with Gasteiger partial charge >= 0.3 is 12.3 Å². The van der Waals surface area contributed by atoms with Crippen molar-refractivity contribution in [2.75, 3.05) is 11.9 Å². The summed E-state index contributed by atoms with van der Waals surface area (Å²) in [6, 6.07) is 0. The van der Waals surface area contributed by atoms with Crippen LogP contribution in [0.3, 0.4) is 0 Å². The van der Waals surface area contributed by atoms with Gasteiger partial charge in [-0.1, -0.05) is 18.5 Å². The van der Waals surface area contributed by atoms with Crippen LogP contribution < -0.4 is 5.32 Å². The predicted molar refractivity (Wildman–Crippen MR) is 65.2 cm³/mol. The van der Waals surface area contributed by atoms with Crippen molar-refractivity contribution in [1.82, 2.24) is 9.97 Å². The molecule has 8 heteroatoms. The standard InChI is InChI=1S/C11H14ClF4N3/c1-3-4-7-18-8(12)6(2)9(19-7)17-5-11(15,16)10(13)14/h10H,3-5H2,1-2H3,(H,17,18,19). The molecule has 1 heterocycles. The Hall–Kier alpha value is -1.11. The van der Waals surface area contributed by atoms with Crippen LogP contribution >= 0.6 is 11.6 Å². The number of alkyl halides is 4. The summed E-state index contributed by atoms with van der Waals surface area (Å²) in [5.41, 5.74) is 0.353. The van der Waals surface area contributed by atoms with E-state index in [-0.39, 0.29) is 11.0 Å². The molecule has 1 rings (SSSR count). The van der Waals surface area contributed by atoms with Gasteiger partial charge in [0.2, 0.25) is 0 Å². The average Bonchev–Trinajstić information content (AvgIpc) is 2.32. The normalized spacial score (nSPS) is 12.0. The van der Waals surface area contributed by atoms with Gasteiger partial charge in [0, 0.05) is 12.0 Å². The maximum Gasteiger partial charge on any atom is 0.324 e. The quantitative estimate of drug-likeness (QED) is 0.643. The predicted octanol–water partition coefficient (Wildman–Crippen LogP) is 3.70. The van der Waals surface area contributed by atoms with Crippen molar-refractivity contribution in [3.63, 3.8) is 0 Å². The third-order valence-electron chi connectivity index (χ3n) is 2.42. The van der Waals surface area contributed by atoms with Crippen LogP contribution in [0.25, 0.3) is 0 Å². The van der Waals surface area contributed by atoms with E-state index in [2.05, 4.69) is 15.3 Å². The van der Waals surface area contributed by atoms with Crippen molar-refractivity contribution < 1.29 is 17.6 Å². The molecule has 0 radical (unpaired) electrons. The molecule has 0 spiro atoms. The number of rotatable bonds is 6. The van der Waals surface area contributed by atoms with Gasteiger partial charge in [0.1, 0.15) is 16.8 Å². The van der Waals surface area contributed by atoms with Crippen LogP contribution in [0.5, 0.6) is 0 Å². The maximum atomic E-state index is 12.8. The topological polar surface area (TPSA) is 37.8 Å². The van der Waals surface area contributed by atoms with E-state index in [1.807, 2.05) is 6.92 Å². The van der Waals surface area contributed by atoms with E-state index in [4.69, 9.17) is 11.6 Å². The Morgan fingerprint density at radius 2 is 1.95 bits per heavy atom. The first-order chi connectivity index (χ1) is 8.77. The summed E-state index contributed by atoms with van der Waals surface area (Å²) in [7, 11) is 0. The molecule has 0 fully saturated rings. The Morgan fingerprint density at radius 3 is 2.47 bits per heavy atom. The van der Waals surface area contributed by atoms with Gasteiger partial charge in [-0.3, -0.25) is 0 Å². The molecule has 0 aliphatic carbocycles. The van der Waals surface area contributed by atoms with Crippen molar-refractivity contribution >= 4 is 17.4 Å². The van der Waals surface area contributed by atoms with Crippen molar-refractivity contribution in [2.24, 2.45) is 0 Å². The number of nitrogens with one attached hydrogen (secondary N) is 1. The lowest BCUT2D eigenvalue weighted by molar-refractivity contribution is -0.117. The highest BCUT2D eigenvalue weighted by atomic mass is 35.5. The number of aromatic nitrogens is 2. The Morgan fingerprint density at radius 1 is 1.32 bits per heavy atom. The number of hydrogen-bond acceptors (Lipinski definition) is 3. The van der Waals surface area contributed by atoms with Gasteiger partial charge in [-0.15, -0.1) is 0 Å². The molecule has 1 aromatic rings. The first-order valence-corrected chi connectivity index (χ1v) is 6.08. The molecule has 0 aliphatic heterocycles. The lowest BCUT2D eigenvalue weighted by Gasteiger charge is -2.17. The molecule has 1 N–H and O–H groups in total. The third-order valence-corrected chi connectivity index (χ3v) is 2.79. The molecule has 0 saturated heterocycles. The molecule has 0 amide bonds. The lowest BCUT2D eigenvalue weighted by atomic mass is 10.2. The highest BCUT2D eigenvalue weighted by molar-refractivity contribution is 6.30. The molecule has 0 unspecified atom stereocenters. The van der Waals surface area contributed by atoms with Gasteiger partial charge in [0.25, 0.3) is 0 Å². The number of aryl methyl sites for hydroxylation is 1. The second-order valence-corrected chi connectivity index (χ2v) is 4.43. The van der Waals surface area contributed by atoms with Gasteiger partial charge in [0.05, 0.1) is 6.54 Å². The molecular weight excluding hydrogens is 286 g/mol. The molecule has 0 atom stereocenters. The van der Waals surface area contributed by atoms with E-state index in [9.17, 15) is 17.6 Å². The molecule has 0 bridgehead atoms. The first-order valence-electron chi connectivity index (χ1n) is 5.70. The van der Waals surface area contributed by atoms with E-state index in [1.54, 1.807) is 0 Å². The minimum atomic E-state index is -4.12. The van der Waals surface area contributed by atoms with Gasteiger partial charge in [-0.25, -0.2) is 18.7 Å². The molecule has 19 heavy (non-hydrogen) atoms. The summed E-state index contributed by atoms with van der Waals surface area (Å²) >= 11 is 5.84. The van der Waals surface area contributed by atoms with Crippen LogP contribution in [0.2, 0.25) is 5.15 Å². The third kappa shape index (κ3) is 4.19. The largest absolute Gasteiger partial charge is 0.363 e. The number of anilines is 1. The Bertz CT molecular complexity index is 440. The fraction of sp³-hybridized carbons (Fsp3) is 0.636. The van der Waals surface area contributed by atoms with Gasteiger partial charge in [-0.05, 0) is 13.3 Å². The highest BCUT2D eigenvalue weighted by Gasteiger charge is 2.40. The zero-order valence-corrected chi connectivity index (χ0v) is 11.2. The van der Waals surface area contributed by atoms with Gasteiger partial charge < -0.3 is 5.32 Å². The van der Waals surface area contributed by atoms with Crippen LogP contribution in [-0.4, -0.2) is 28.9 Å². The Balaban J connectivity index is 2.88. The fourth-order valence-electron chi connectivity index (χ4n) is 1.32. The summed E-state index contributed by atoms with van der Waals surface area (Å²) in [5.74, 6) is -3.67. The first kappa shape index (κ1) is 15.9. The summed E-state index contributed by atoms with van der Waals surface area (Å²) in [4.78, 5) is 7.98. The van der Waals surface area contributed by atoms with Crippen LogP contribution in [0.15, 0.2) is 0 Å². The van der Waals surface area contributed by atoms with E-state index < -0.39 is 18.9 Å². The number of hydrogen-bond donors (Lipinski definition) is 1. The Labute approximate surface area is 113 Å². The van der Waals surface area contributed by atoms with Crippen molar-refractivity contribution in [1.29, 1.82) is 0 Å². The van der Waals surface area contributed by atoms with Crippen LogP contribution in [0, 0.1) is 6.92 Å². The molecular formula is C11H14ClF4N3. The summed E-state index contributed by atoms with van der Waals surface area (Å²) in [6.07, 6.45) is -2.45. The monoisotopic (exact) mass is 299 g/mol. The second kappa shape index (κ2) is 6.36. The molecule has 0 aliphatic rings. The van der Waals surface area contributed by atoms with Gasteiger partial charge in [0.15, 0.2) is 0 Å². The van der Waals surface area contributed by atoms with E-state index in [0.29, 0.717) is 17.8 Å². The Kier molecular flexibility index (Phi) is 5.34. The highest BCUT2D eigenvalue weighted by Crippen LogP contribution is 2.25.